The quantitative estimate of drug-likeness (QED) is 0.838. The molecule has 1 atom stereocenters. The topological polar surface area (TPSA) is 54.3 Å². The summed E-state index contributed by atoms with van der Waals surface area (Å²) in [6.45, 7) is 3.13. The van der Waals surface area contributed by atoms with E-state index in [0.29, 0.717) is 13.2 Å². The molecule has 0 fully saturated rings. The number of nitriles is 1. The molecule has 0 aromatic heterocycles. The number of rotatable bonds is 5. The van der Waals surface area contributed by atoms with Gasteiger partial charge in [0.15, 0.2) is 11.5 Å². The predicted molar refractivity (Wildman–Crippen MR) is 75.9 cm³/mol. The number of thioether (sulfide) groups is 1. The van der Waals surface area contributed by atoms with Gasteiger partial charge in [0.25, 0.3) is 0 Å². The zero-order valence-electron chi connectivity index (χ0n) is 11.2. The lowest BCUT2D eigenvalue weighted by atomic mass is 10.0. The lowest BCUT2D eigenvalue weighted by Gasteiger charge is -2.21. The minimum absolute atomic E-state index is 0.458. The fraction of sp³-hybridized carbons (Fsp3) is 0.500. The first-order chi connectivity index (χ1) is 9.17. The van der Waals surface area contributed by atoms with E-state index in [9.17, 15) is 0 Å². The van der Waals surface area contributed by atoms with E-state index in [2.05, 4.69) is 11.4 Å². The molecule has 1 aliphatic heterocycles. The van der Waals surface area contributed by atoms with Crippen LogP contribution in [0, 0.1) is 11.3 Å². The Balaban J connectivity index is 1.92. The Hall–Kier alpha value is -1.38. The van der Waals surface area contributed by atoms with Crippen molar-refractivity contribution in [1.29, 1.82) is 5.26 Å². The molecule has 0 amide bonds. The highest BCUT2D eigenvalue weighted by atomic mass is 32.2. The van der Waals surface area contributed by atoms with Gasteiger partial charge < -0.3 is 14.8 Å². The van der Waals surface area contributed by atoms with Gasteiger partial charge in [0.2, 0.25) is 0 Å². The van der Waals surface area contributed by atoms with Crippen molar-refractivity contribution in [3.8, 4) is 17.6 Å². The Bertz CT molecular complexity index is 487. The van der Waals surface area contributed by atoms with Crippen molar-refractivity contribution in [2.24, 2.45) is 0 Å². The molecule has 0 radical (unpaired) electrons. The summed E-state index contributed by atoms with van der Waals surface area (Å²) >= 11 is 1.72. The first kappa shape index (κ1) is 14.0. The molecule has 2 rings (SSSR count). The van der Waals surface area contributed by atoms with Crippen molar-refractivity contribution >= 4 is 11.8 Å². The fourth-order valence-electron chi connectivity index (χ4n) is 1.72. The van der Waals surface area contributed by atoms with Crippen molar-refractivity contribution in [3.63, 3.8) is 0 Å². The summed E-state index contributed by atoms with van der Waals surface area (Å²) in [7, 11) is 1.82. The molecule has 1 heterocycles. The van der Waals surface area contributed by atoms with Gasteiger partial charge in [-0.25, -0.2) is 0 Å². The molecule has 102 valence electrons. The van der Waals surface area contributed by atoms with Gasteiger partial charge in [-0.1, -0.05) is 0 Å². The summed E-state index contributed by atoms with van der Waals surface area (Å²) in [6, 6.07) is 8.27. The van der Waals surface area contributed by atoms with E-state index >= 15 is 0 Å². The van der Waals surface area contributed by atoms with E-state index in [0.717, 1.165) is 28.6 Å². The van der Waals surface area contributed by atoms with E-state index in [-0.39, 0.29) is 0 Å². The SMILES string of the molecule is CNC(C)(C#N)CCSc1ccc2c(c1)OCCO2. The van der Waals surface area contributed by atoms with E-state index < -0.39 is 5.54 Å². The zero-order chi connectivity index (χ0) is 13.7. The number of hydrogen-bond acceptors (Lipinski definition) is 5. The van der Waals surface area contributed by atoms with Gasteiger partial charge in [-0.15, -0.1) is 11.8 Å². The third-order valence-corrected chi connectivity index (χ3v) is 4.18. The number of fused-ring (bicyclic) bond motifs is 1. The largest absolute Gasteiger partial charge is 0.486 e. The maximum atomic E-state index is 9.08. The summed E-state index contributed by atoms with van der Waals surface area (Å²) in [4.78, 5) is 1.14. The van der Waals surface area contributed by atoms with E-state index in [4.69, 9.17) is 14.7 Å². The van der Waals surface area contributed by atoms with Crippen molar-refractivity contribution in [3.05, 3.63) is 18.2 Å². The van der Waals surface area contributed by atoms with Gasteiger partial charge in [0.05, 0.1) is 6.07 Å². The Kier molecular flexibility index (Phi) is 4.56. The molecule has 1 aliphatic rings. The minimum atomic E-state index is -0.458. The number of nitrogens with zero attached hydrogens (tertiary/aromatic N) is 1. The second kappa shape index (κ2) is 6.18. The van der Waals surface area contributed by atoms with Gasteiger partial charge in [0.1, 0.15) is 18.8 Å². The highest BCUT2D eigenvalue weighted by Crippen LogP contribution is 2.34. The molecule has 0 spiro atoms. The van der Waals surface area contributed by atoms with Crippen LogP contribution in [0.1, 0.15) is 13.3 Å². The second-order valence-electron chi connectivity index (χ2n) is 4.60. The number of hydrogen-bond donors (Lipinski definition) is 1. The molecule has 1 aromatic rings. The molecular weight excluding hydrogens is 260 g/mol. The Morgan fingerprint density at radius 1 is 1.37 bits per heavy atom. The van der Waals surface area contributed by atoms with Gasteiger partial charge in [-0.2, -0.15) is 5.26 Å². The van der Waals surface area contributed by atoms with Crippen LogP contribution in [0.3, 0.4) is 0 Å². The maximum Gasteiger partial charge on any atom is 0.162 e. The van der Waals surface area contributed by atoms with Crippen molar-refractivity contribution in [2.75, 3.05) is 26.0 Å². The second-order valence-corrected chi connectivity index (χ2v) is 5.77. The summed E-state index contributed by atoms with van der Waals surface area (Å²) in [5, 5.41) is 12.1. The standard InChI is InChI=1S/C14H18N2O2S/c1-14(10-15,16-2)5-8-19-11-3-4-12-13(9-11)18-7-6-17-12/h3-4,9,16H,5-8H2,1-2H3. The lowest BCUT2D eigenvalue weighted by molar-refractivity contribution is 0.171. The third-order valence-electron chi connectivity index (χ3n) is 3.18. The smallest absolute Gasteiger partial charge is 0.162 e. The molecule has 1 N–H and O–H groups in total. The fourth-order valence-corrected chi connectivity index (χ4v) is 2.82. The lowest BCUT2D eigenvalue weighted by Crippen LogP contribution is -2.38. The van der Waals surface area contributed by atoms with E-state index in [1.165, 1.54) is 0 Å². The Morgan fingerprint density at radius 2 is 2.11 bits per heavy atom. The third kappa shape index (κ3) is 3.55. The first-order valence-corrected chi connectivity index (χ1v) is 7.28. The predicted octanol–water partition coefficient (Wildman–Crippen LogP) is 2.44. The summed E-state index contributed by atoms with van der Waals surface area (Å²) < 4.78 is 11.0. The van der Waals surface area contributed by atoms with Crippen LogP contribution < -0.4 is 14.8 Å². The molecule has 5 heteroatoms. The van der Waals surface area contributed by atoms with Crippen LogP contribution in [0.2, 0.25) is 0 Å². The van der Waals surface area contributed by atoms with Crippen LogP contribution in [0.5, 0.6) is 11.5 Å². The number of benzene rings is 1. The van der Waals surface area contributed by atoms with Crippen LogP contribution in [0.4, 0.5) is 0 Å². The molecule has 0 saturated heterocycles. The Morgan fingerprint density at radius 3 is 2.79 bits per heavy atom. The van der Waals surface area contributed by atoms with E-state index in [1.807, 2.05) is 32.2 Å². The zero-order valence-corrected chi connectivity index (χ0v) is 12.0. The van der Waals surface area contributed by atoms with Crippen LogP contribution in [-0.2, 0) is 0 Å². The van der Waals surface area contributed by atoms with Crippen molar-refractivity contribution < 1.29 is 9.47 Å². The molecule has 0 bridgehead atoms. The van der Waals surface area contributed by atoms with Gasteiger partial charge in [-0.3, -0.25) is 0 Å². The minimum Gasteiger partial charge on any atom is -0.486 e. The summed E-state index contributed by atoms with van der Waals surface area (Å²) in [6.07, 6.45) is 0.791. The van der Waals surface area contributed by atoms with Crippen molar-refractivity contribution in [2.45, 2.75) is 23.8 Å². The highest BCUT2D eigenvalue weighted by molar-refractivity contribution is 7.99. The van der Waals surface area contributed by atoms with Crippen LogP contribution in [0.15, 0.2) is 23.1 Å². The monoisotopic (exact) mass is 278 g/mol. The summed E-state index contributed by atoms with van der Waals surface area (Å²) in [5.74, 6) is 2.51. The molecule has 0 saturated carbocycles. The average Bonchev–Trinajstić information content (AvgIpc) is 2.47. The Labute approximate surface area is 118 Å². The molecule has 4 nitrogen and oxygen atoms in total. The van der Waals surface area contributed by atoms with Gasteiger partial charge >= 0.3 is 0 Å². The van der Waals surface area contributed by atoms with Gasteiger partial charge in [0, 0.05) is 10.6 Å². The molecule has 1 unspecified atom stereocenters. The van der Waals surface area contributed by atoms with E-state index in [1.54, 1.807) is 11.8 Å². The molecular formula is C14H18N2O2S. The van der Waals surface area contributed by atoms with Crippen LogP contribution in [-0.4, -0.2) is 31.6 Å². The molecule has 19 heavy (non-hydrogen) atoms. The van der Waals surface area contributed by atoms with Crippen LogP contribution >= 0.6 is 11.8 Å². The molecule has 1 aromatic carbocycles. The maximum absolute atomic E-state index is 9.08. The number of nitrogens with one attached hydrogen (secondary N) is 1. The van der Waals surface area contributed by atoms with Crippen molar-refractivity contribution in [1.82, 2.24) is 5.32 Å². The average molecular weight is 278 g/mol. The highest BCUT2D eigenvalue weighted by Gasteiger charge is 2.20. The van der Waals surface area contributed by atoms with Gasteiger partial charge in [-0.05, 0) is 38.6 Å². The first-order valence-electron chi connectivity index (χ1n) is 6.29. The van der Waals surface area contributed by atoms with Crippen LogP contribution in [0.25, 0.3) is 0 Å². The summed E-state index contributed by atoms with van der Waals surface area (Å²) in [5.41, 5.74) is -0.458. The number of ether oxygens (including phenoxy) is 2. The molecule has 0 aliphatic carbocycles. The normalized spacial score (nSPS) is 16.5.